The molecule has 0 atom stereocenters. The number of para-hydroxylation sites is 2. The van der Waals surface area contributed by atoms with Gasteiger partial charge in [0.2, 0.25) is 17.8 Å². The SMILES string of the molecule is Cc1nc(Nc2ncc(CC(=O)Nc3ccccc3)s2)nc(Nc2ccccc2C)n1. The number of hydrogen-bond acceptors (Lipinski definition) is 8. The van der Waals surface area contributed by atoms with Crippen molar-refractivity contribution in [2.45, 2.75) is 20.3 Å². The van der Waals surface area contributed by atoms with Gasteiger partial charge in [-0.1, -0.05) is 36.4 Å². The average Bonchev–Trinajstić information content (AvgIpc) is 3.16. The van der Waals surface area contributed by atoms with Gasteiger partial charge in [-0.25, -0.2) is 4.98 Å². The fourth-order valence-corrected chi connectivity index (χ4v) is 3.66. The summed E-state index contributed by atoms with van der Waals surface area (Å²) in [6.07, 6.45) is 1.92. The zero-order chi connectivity index (χ0) is 21.6. The minimum Gasteiger partial charge on any atom is -0.326 e. The van der Waals surface area contributed by atoms with Crippen LogP contribution in [0.3, 0.4) is 0 Å². The number of hydrogen-bond donors (Lipinski definition) is 3. The van der Waals surface area contributed by atoms with Crippen molar-refractivity contribution in [3.05, 3.63) is 77.1 Å². The molecule has 0 spiro atoms. The van der Waals surface area contributed by atoms with Crippen LogP contribution in [0.1, 0.15) is 16.3 Å². The van der Waals surface area contributed by atoms with Gasteiger partial charge in [-0.05, 0) is 37.6 Å². The van der Waals surface area contributed by atoms with E-state index in [9.17, 15) is 4.79 Å². The molecule has 0 aliphatic heterocycles. The van der Waals surface area contributed by atoms with Crippen LogP contribution < -0.4 is 16.0 Å². The molecule has 0 bridgehead atoms. The summed E-state index contributed by atoms with van der Waals surface area (Å²) in [5.74, 6) is 1.32. The Morgan fingerprint density at radius 2 is 1.61 bits per heavy atom. The van der Waals surface area contributed by atoms with Gasteiger partial charge in [0.05, 0.1) is 6.42 Å². The van der Waals surface area contributed by atoms with Crippen LogP contribution in [-0.4, -0.2) is 25.8 Å². The summed E-state index contributed by atoms with van der Waals surface area (Å²) in [4.78, 5) is 30.5. The summed E-state index contributed by atoms with van der Waals surface area (Å²) in [6, 6.07) is 17.3. The van der Waals surface area contributed by atoms with Crippen LogP contribution >= 0.6 is 11.3 Å². The van der Waals surface area contributed by atoms with Gasteiger partial charge in [-0.3, -0.25) is 10.1 Å². The lowest BCUT2D eigenvalue weighted by Gasteiger charge is -2.09. The molecule has 4 rings (SSSR count). The Bertz CT molecular complexity index is 1190. The third-order valence-corrected chi connectivity index (χ3v) is 5.22. The molecule has 2 aromatic heterocycles. The number of aryl methyl sites for hydroxylation is 2. The summed E-state index contributed by atoms with van der Waals surface area (Å²) in [6.45, 7) is 3.82. The molecule has 31 heavy (non-hydrogen) atoms. The predicted molar refractivity (Wildman–Crippen MR) is 123 cm³/mol. The molecule has 0 aliphatic carbocycles. The Kier molecular flexibility index (Phi) is 6.13. The second-order valence-corrected chi connectivity index (χ2v) is 7.93. The summed E-state index contributed by atoms with van der Waals surface area (Å²) in [5.41, 5.74) is 2.79. The first-order chi connectivity index (χ1) is 15.0. The van der Waals surface area contributed by atoms with Crippen LogP contribution in [0.15, 0.2) is 60.8 Å². The first-order valence-corrected chi connectivity index (χ1v) is 10.5. The second-order valence-electron chi connectivity index (χ2n) is 6.82. The number of rotatable bonds is 7. The van der Waals surface area contributed by atoms with Gasteiger partial charge in [0, 0.05) is 22.4 Å². The number of aromatic nitrogens is 4. The van der Waals surface area contributed by atoms with Crippen molar-refractivity contribution in [1.82, 2.24) is 19.9 Å². The molecule has 156 valence electrons. The third-order valence-electron chi connectivity index (χ3n) is 4.30. The number of nitrogens with one attached hydrogen (secondary N) is 3. The highest BCUT2D eigenvalue weighted by Crippen LogP contribution is 2.23. The summed E-state index contributed by atoms with van der Waals surface area (Å²) in [5, 5.41) is 9.80. The van der Waals surface area contributed by atoms with Crippen molar-refractivity contribution in [2.75, 3.05) is 16.0 Å². The number of thiazole rings is 1. The van der Waals surface area contributed by atoms with Gasteiger partial charge < -0.3 is 10.6 Å². The number of anilines is 5. The van der Waals surface area contributed by atoms with E-state index < -0.39 is 0 Å². The number of amides is 1. The van der Waals surface area contributed by atoms with Crippen LogP contribution in [0.25, 0.3) is 0 Å². The number of carbonyl (C=O) groups is 1. The molecular formula is C22H21N7OS. The Morgan fingerprint density at radius 3 is 2.39 bits per heavy atom. The second kappa shape index (κ2) is 9.31. The van der Waals surface area contributed by atoms with Gasteiger partial charge in [0.15, 0.2) is 5.13 Å². The van der Waals surface area contributed by atoms with Crippen LogP contribution in [0, 0.1) is 13.8 Å². The van der Waals surface area contributed by atoms with E-state index in [4.69, 9.17) is 0 Å². The van der Waals surface area contributed by atoms with Gasteiger partial charge in [-0.15, -0.1) is 11.3 Å². The van der Waals surface area contributed by atoms with Crippen LogP contribution in [0.4, 0.5) is 28.4 Å². The molecular weight excluding hydrogens is 410 g/mol. The molecule has 0 radical (unpaired) electrons. The van der Waals surface area contributed by atoms with Gasteiger partial charge in [0.1, 0.15) is 5.82 Å². The van der Waals surface area contributed by atoms with Crippen LogP contribution in [-0.2, 0) is 11.2 Å². The van der Waals surface area contributed by atoms with E-state index in [1.807, 2.05) is 61.5 Å². The molecule has 9 heteroatoms. The topological polar surface area (TPSA) is 105 Å². The molecule has 0 saturated heterocycles. The van der Waals surface area contributed by atoms with Gasteiger partial charge >= 0.3 is 0 Å². The number of nitrogens with zero attached hydrogens (tertiary/aromatic N) is 4. The zero-order valence-electron chi connectivity index (χ0n) is 17.1. The molecule has 4 aromatic rings. The Labute approximate surface area is 183 Å². The lowest BCUT2D eigenvalue weighted by atomic mass is 10.2. The fraction of sp³-hybridized carbons (Fsp3) is 0.136. The molecule has 3 N–H and O–H groups in total. The number of carbonyl (C=O) groups excluding carboxylic acids is 1. The summed E-state index contributed by atoms with van der Waals surface area (Å²) in [7, 11) is 0. The van der Waals surface area contributed by atoms with Crippen molar-refractivity contribution < 1.29 is 4.79 Å². The van der Waals surface area contributed by atoms with Crippen molar-refractivity contribution >= 4 is 45.6 Å². The first-order valence-electron chi connectivity index (χ1n) is 9.67. The maximum Gasteiger partial charge on any atom is 0.234 e. The van der Waals surface area contributed by atoms with E-state index in [2.05, 4.69) is 35.9 Å². The van der Waals surface area contributed by atoms with Crippen molar-refractivity contribution in [3.8, 4) is 0 Å². The molecule has 0 aliphatic rings. The largest absolute Gasteiger partial charge is 0.326 e. The maximum absolute atomic E-state index is 12.2. The van der Waals surface area contributed by atoms with Crippen molar-refractivity contribution in [3.63, 3.8) is 0 Å². The molecule has 0 unspecified atom stereocenters. The van der Waals surface area contributed by atoms with E-state index >= 15 is 0 Å². The monoisotopic (exact) mass is 431 g/mol. The lowest BCUT2D eigenvalue weighted by Crippen LogP contribution is -2.13. The normalized spacial score (nSPS) is 10.5. The standard InChI is InChI=1S/C22H21N7OS/c1-14-8-6-7-11-18(14)27-20-24-15(2)25-21(28-20)29-22-23-13-17(31-22)12-19(30)26-16-9-4-3-5-10-16/h3-11,13H,12H2,1-2H3,(H,26,30)(H2,23,24,25,27,28,29). The minimum absolute atomic E-state index is 0.0953. The Hall–Kier alpha value is -3.85. The highest BCUT2D eigenvalue weighted by atomic mass is 32.1. The maximum atomic E-state index is 12.2. The summed E-state index contributed by atoms with van der Waals surface area (Å²) < 4.78 is 0. The van der Waals surface area contributed by atoms with E-state index in [-0.39, 0.29) is 12.3 Å². The van der Waals surface area contributed by atoms with Crippen LogP contribution in [0.2, 0.25) is 0 Å². The van der Waals surface area contributed by atoms with Crippen molar-refractivity contribution in [2.24, 2.45) is 0 Å². The fourth-order valence-electron chi connectivity index (χ4n) is 2.85. The van der Waals surface area contributed by atoms with E-state index in [0.29, 0.717) is 22.9 Å². The highest BCUT2D eigenvalue weighted by Gasteiger charge is 2.11. The molecule has 0 saturated carbocycles. The molecule has 1 amide bonds. The van der Waals surface area contributed by atoms with E-state index in [0.717, 1.165) is 21.8 Å². The Balaban J connectivity index is 1.41. The molecule has 2 aromatic carbocycles. The van der Waals surface area contributed by atoms with Crippen molar-refractivity contribution in [1.29, 1.82) is 0 Å². The highest BCUT2D eigenvalue weighted by molar-refractivity contribution is 7.15. The third kappa shape index (κ3) is 5.61. The van der Waals surface area contributed by atoms with Crippen LogP contribution in [0.5, 0.6) is 0 Å². The average molecular weight is 432 g/mol. The minimum atomic E-state index is -0.0953. The lowest BCUT2D eigenvalue weighted by molar-refractivity contribution is -0.115. The van der Waals surface area contributed by atoms with Gasteiger partial charge in [0.25, 0.3) is 0 Å². The van der Waals surface area contributed by atoms with Gasteiger partial charge in [-0.2, -0.15) is 15.0 Å². The number of benzene rings is 2. The predicted octanol–water partition coefficient (Wildman–Crippen LogP) is 4.61. The quantitative estimate of drug-likeness (QED) is 0.392. The summed E-state index contributed by atoms with van der Waals surface area (Å²) >= 11 is 1.38. The van der Waals surface area contributed by atoms with E-state index in [1.54, 1.807) is 13.1 Å². The molecule has 2 heterocycles. The molecule has 0 fully saturated rings. The smallest absolute Gasteiger partial charge is 0.234 e. The Morgan fingerprint density at radius 1 is 0.903 bits per heavy atom. The molecule has 8 nitrogen and oxygen atoms in total. The van der Waals surface area contributed by atoms with E-state index in [1.165, 1.54) is 11.3 Å². The zero-order valence-corrected chi connectivity index (χ0v) is 17.9. The first kappa shape index (κ1) is 20.4.